The van der Waals surface area contributed by atoms with Crippen molar-refractivity contribution in [2.75, 3.05) is 11.9 Å². The van der Waals surface area contributed by atoms with E-state index in [1.807, 2.05) is 12.3 Å². The molecule has 2 N–H and O–H groups in total. The van der Waals surface area contributed by atoms with E-state index >= 15 is 0 Å². The van der Waals surface area contributed by atoms with Gasteiger partial charge in [0.15, 0.2) is 0 Å². The highest BCUT2D eigenvalue weighted by molar-refractivity contribution is 7.15. The Morgan fingerprint density at radius 1 is 1.53 bits per heavy atom. The highest BCUT2D eigenvalue weighted by Crippen LogP contribution is 2.20. The van der Waals surface area contributed by atoms with Crippen LogP contribution in [0.1, 0.15) is 26.7 Å². The second kappa shape index (κ2) is 6.43. The van der Waals surface area contributed by atoms with Crippen LogP contribution in [0.3, 0.4) is 0 Å². The molecule has 0 aliphatic carbocycles. The van der Waals surface area contributed by atoms with Crippen LogP contribution in [-0.2, 0) is 0 Å². The molecule has 98 valence electrons. The molecule has 0 bridgehead atoms. The summed E-state index contributed by atoms with van der Waals surface area (Å²) in [4.78, 5) is 12.6. The van der Waals surface area contributed by atoms with Crippen LogP contribution >= 0.6 is 22.7 Å². The van der Waals surface area contributed by atoms with Gasteiger partial charge in [-0.25, -0.2) is 0 Å². The third kappa shape index (κ3) is 3.61. The molecular weight excluding hydrogens is 282 g/mol. The molecule has 5 nitrogen and oxygen atoms in total. The summed E-state index contributed by atoms with van der Waals surface area (Å²) in [5.74, 6) is 5.44. The predicted octanol–water partition coefficient (Wildman–Crippen LogP) is 1.89. The largest absolute Gasteiger partial charge is 0.395 e. The maximum atomic E-state index is 12.1. The lowest BCUT2D eigenvalue weighted by molar-refractivity contribution is 0.103. The Kier molecular flexibility index (Phi) is 4.63. The van der Waals surface area contributed by atoms with Crippen molar-refractivity contribution in [2.45, 2.75) is 13.3 Å². The van der Waals surface area contributed by atoms with Crippen molar-refractivity contribution in [2.24, 2.45) is 0 Å². The van der Waals surface area contributed by atoms with Gasteiger partial charge in [0.05, 0.1) is 6.61 Å². The van der Waals surface area contributed by atoms with Crippen molar-refractivity contribution in [1.29, 1.82) is 0 Å². The molecule has 7 heteroatoms. The third-order valence-electron chi connectivity index (χ3n) is 2.08. The quantitative estimate of drug-likeness (QED) is 0.848. The van der Waals surface area contributed by atoms with Crippen LogP contribution in [0, 0.1) is 18.8 Å². The maximum Gasteiger partial charge on any atom is 0.268 e. The number of carbonyl (C=O) groups excluding carboxylic acids is 1. The van der Waals surface area contributed by atoms with E-state index in [2.05, 4.69) is 27.4 Å². The van der Waals surface area contributed by atoms with Gasteiger partial charge in [-0.2, -0.15) is 0 Å². The molecule has 0 aromatic carbocycles. The summed E-state index contributed by atoms with van der Waals surface area (Å²) in [5, 5.41) is 22.1. The van der Waals surface area contributed by atoms with Crippen molar-refractivity contribution in [3.8, 4) is 11.8 Å². The van der Waals surface area contributed by atoms with Crippen molar-refractivity contribution in [3.63, 3.8) is 0 Å². The minimum Gasteiger partial charge on any atom is -0.395 e. The highest BCUT2D eigenvalue weighted by atomic mass is 32.1. The first-order chi connectivity index (χ1) is 9.20. The Morgan fingerprint density at radius 3 is 3.05 bits per heavy atom. The van der Waals surface area contributed by atoms with Gasteiger partial charge in [-0.05, 0) is 18.4 Å². The molecule has 0 unspecified atom stereocenters. The standard InChI is InChI=1S/C12H11N3O2S2/c1-8-14-15-12(19-8)13-11(17)10-9(5-7-18-10)4-2-3-6-16/h5,7,16H,3,6H2,1H3,(H,13,15,17). The first-order valence-electron chi connectivity index (χ1n) is 5.49. The molecule has 0 spiro atoms. The molecule has 0 fully saturated rings. The second-order valence-electron chi connectivity index (χ2n) is 3.52. The van der Waals surface area contributed by atoms with Gasteiger partial charge in [0.2, 0.25) is 5.13 Å². The van der Waals surface area contributed by atoms with Crippen LogP contribution in [0.15, 0.2) is 11.4 Å². The SMILES string of the molecule is Cc1nnc(NC(=O)c2sccc2C#CCCO)s1. The van der Waals surface area contributed by atoms with Crippen LogP contribution in [0.5, 0.6) is 0 Å². The van der Waals surface area contributed by atoms with Crippen molar-refractivity contribution in [1.82, 2.24) is 10.2 Å². The minimum absolute atomic E-state index is 0.0166. The average Bonchev–Trinajstić information content (AvgIpc) is 2.99. The maximum absolute atomic E-state index is 12.1. The minimum atomic E-state index is -0.237. The number of nitrogens with zero attached hydrogens (tertiary/aromatic N) is 2. The number of hydrogen-bond acceptors (Lipinski definition) is 6. The first-order valence-corrected chi connectivity index (χ1v) is 7.19. The van der Waals surface area contributed by atoms with Crippen LogP contribution in [0.2, 0.25) is 0 Å². The molecule has 2 rings (SSSR count). The van der Waals surface area contributed by atoms with Crippen LogP contribution in [0.4, 0.5) is 5.13 Å². The molecule has 2 aromatic heterocycles. The normalized spacial score (nSPS) is 9.79. The number of aliphatic hydroxyl groups is 1. The van der Waals surface area contributed by atoms with E-state index < -0.39 is 0 Å². The first kappa shape index (κ1) is 13.7. The van der Waals surface area contributed by atoms with Crippen LogP contribution < -0.4 is 5.32 Å². The molecule has 0 saturated heterocycles. The Labute approximate surface area is 118 Å². The molecular formula is C12H11N3O2S2. The molecule has 1 amide bonds. The zero-order valence-electron chi connectivity index (χ0n) is 10.1. The van der Waals surface area contributed by atoms with Gasteiger partial charge in [0.25, 0.3) is 5.91 Å². The summed E-state index contributed by atoms with van der Waals surface area (Å²) in [6.45, 7) is 1.84. The number of aliphatic hydroxyl groups excluding tert-OH is 1. The topological polar surface area (TPSA) is 75.1 Å². The number of carbonyl (C=O) groups is 1. The number of amides is 1. The lowest BCUT2D eigenvalue weighted by Crippen LogP contribution is -2.11. The van der Waals surface area contributed by atoms with Crippen LogP contribution in [-0.4, -0.2) is 27.8 Å². The highest BCUT2D eigenvalue weighted by Gasteiger charge is 2.13. The summed E-state index contributed by atoms with van der Waals surface area (Å²) >= 11 is 2.64. The van der Waals surface area contributed by atoms with Gasteiger partial charge in [-0.3, -0.25) is 10.1 Å². The fraction of sp³-hybridized carbons (Fsp3) is 0.250. The third-order valence-corrected chi connectivity index (χ3v) is 3.75. The summed E-state index contributed by atoms with van der Waals surface area (Å²) in [5.41, 5.74) is 0.664. The van der Waals surface area contributed by atoms with E-state index in [1.165, 1.54) is 22.7 Å². The molecule has 0 atom stereocenters. The number of aromatic nitrogens is 2. The number of rotatable bonds is 3. The smallest absolute Gasteiger partial charge is 0.268 e. The van der Waals surface area contributed by atoms with Gasteiger partial charge in [-0.15, -0.1) is 21.5 Å². The van der Waals surface area contributed by atoms with Gasteiger partial charge in [-0.1, -0.05) is 23.2 Å². The number of hydrogen-bond donors (Lipinski definition) is 2. The number of thiophene rings is 1. The molecule has 0 saturated carbocycles. The summed E-state index contributed by atoms with van der Waals surface area (Å²) in [6, 6.07) is 1.79. The van der Waals surface area contributed by atoms with Crippen molar-refractivity contribution < 1.29 is 9.90 Å². The lowest BCUT2D eigenvalue weighted by atomic mass is 10.2. The summed E-state index contributed by atoms with van der Waals surface area (Å²) in [6.07, 6.45) is 0.395. The van der Waals surface area contributed by atoms with Gasteiger partial charge >= 0.3 is 0 Å². The fourth-order valence-electron chi connectivity index (χ4n) is 1.30. The van der Waals surface area contributed by atoms with E-state index in [1.54, 1.807) is 6.07 Å². The van der Waals surface area contributed by atoms with E-state index in [-0.39, 0.29) is 12.5 Å². The molecule has 0 aliphatic rings. The zero-order valence-corrected chi connectivity index (χ0v) is 11.8. The molecule has 0 radical (unpaired) electrons. The summed E-state index contributed by atoms with van der Waals surface area (Å²) < 4.78 is 0. The van der Waals surface area contributed by atoms with Crippen molar-refractivity contribution in [3.05, 3.63) is 26.9 Å². The Morgan fingerprint density at radius 2 is 2.37 bits per heavy atom. The Balaban J connectivity index is 2.12. The lowest BCUT2D eigenvalue weighted by Gasteiger charge is -1.98. The summed E-state index contributed by atoms with van der Waals surface area (Å²) in [7, 11) is 0. The van der Waals surface area contributed by atoms with Gasteiger partial charge < -0.3 is 5.11 Å². The van der Waals surface area contributed by atoms with E-state index in [9.17, 15) is 4.79 Å². The van der Waals surface area contributed by atoms with E-state index in [4.69, 9.17) is 5.11 Å². The molecule has 19 heavy (non-hydrogen) atoms. The number of nitrogens with one attached hydrogen (secondary N) is 1. The zero-order chi connectivity index (χ0) is 13.7. The Bertz CT molecular complexity index is 637. The van der Waals surface area contributed by atoms with E-state index in [0.29, 0.717) is 22.0 Å². The molecule has 2 aromatic rings. The van der Waals surface area contributed by atoms with Gasteiger partial charge in [0, 0.05) is 12.0 Å². The molecule has 0 aliphatic heterocycles. The monoisotopic (exact) mass is 293 g/mol. The Hall–Kier alpha value is -1.75. The van der Waals surface area contributed by atoms with Crippen LogP contribution in [0.25, 0.3) is 0 Å². The average molecular weight is 293 g/mol. The fourth-order valence-corrected chi connectivity index (χ4v) is 2.63. The number of anilines is 1. The van der Waals surface area contributed by atoms with E-state index in [0.717, 1.165) is 5.01 Å². The van der Waals surface area contributed by atoms with Crippen molar-refractivity contribution >= 4 is 33.7 Å². The molecule has 2 heterocycles. The second-order valence-corrected chi connectivity index (χ2v) is 5.62. The van der Waals surface area contributed by atoms with Gasteiger partial charge in [0.1, 0.15) is 9.88 Å². The number of aryl methyl sites for hydroxylation is 1. The predicted molar refractivity (Wildman–Crippen MR) is 75.5 cm³/mol.